The zero-order valence-corrected chi connectivity index (χ0v) is 16.0. The van der Waals surface area contributed by atoms with E-state index in [0.29, 0.717) is 29.5 Å². The van der Waals surface area contributed by atoms with Crippen LogP contribution in [-0.2, 0) is 9.59 Å². The van der Waals surface area contributed by atoms with Gasteiger partial charge in [0.05, 0.1) is 23.2 Å². The van der Waals surface area contributed by atoms with Crippen molar-refractivity contribution in [1.29, 1.82) is 0 Å². The highest BCUT2D eigenvalue weighted by Crippen LogP contribution is 2.31. The maximum absolute atomic E-state index is 12.6. The van der Waals surface area contributed by atoms with Gasteiger partial charge in [0.25, 0.3) is 0 Å². The Kier molecular flexibility index (Phi) is 6.35. The van der Waals surface area contributed by atoms with Gasteiger partial charge >= 0.3 is 0 Å². The number of carbonyl (C=O) groups excluding carboxylic acids is 2. The van der Waals surface area contributed by atoms with Gasteiger partial charge in [-0.05, 0) is 42.8 Å². The lowest BCUT2D eigenvalue weighted by Gasteiger charge is -2.18. The molecule has 27 heavy (non-hydrogen) atoms. The number of hydrogen-bond acceptors (Lipinski definition) is 3. The molecule has 1 saturated heterocycles. The van der Waals surface area contributed by atoms with Crippen LogP contribution < -0.4 is 15.0 Å². The molecule has 6 heteroatoms. The fraction of sp³-hybridized carbons (Fsp3) is 0.333. The normalized spacial score (nSPS) is 16.4. The first-order valence-corrected chi connectivity index (χ1v) is 9.55. The second-order valence-electron chi connectivity index (χ2n) is 6.57. The molecule has 1 aliphatic heterocycles. The fourth-order valence-electron chi connectivity index (χ4n) is 3.00. The third-order valence-corrected chi connectivity index (χ3v) is 4.85. The van der Waals surface area contributed by atoms with E-state index in [2.05, 4.69) is 12.2 Å². The number of ether oxygens (including phenoxy) is 1. The van der Waals surface area contributed by atoms with Gasteiger partial charge in [-0.15, -0.1) is 0 Å². The van der Waals surface area contributed by atoms with Gasteiger partial charge in [-0.1, -0.05) is 37.1 Å². The number of nitrogens with one attached hydrogen (secondary N) is 1. The van der Waals surface area contributed by atoms with E-state index in [1.54, 1.807) is 17.0 Å². The van der Waals surface area contributed by atoms with Crippen LogP contribution in [0.4, 0.5) is 11.4 Å². The molecule has 0 radical (unpaired) electrons. The van der Waals surface area contributed by atoms with Crippen LogP contribution in [-0.4, -0.2) is 25.0 Å². The molecule has 0 unspecified atom stereocenters. The van der Waals surface area contributed by atoms with Crippen LogP contribution in [0.3, 0.4) is 0 Å². The van der Waals surface area contributed by atoms with Crippen molar-refractivity contribution in [3.8, 4) is 5.75 Å². The predicted molar refractivity (Wildman–Crippen MR) is 107 cm³/mol. The molecule has 1 atom stereocenters. The minimum Gasteiger partial charge on any atom is -0.494 e. The first kappa shape index (κ1) is 19.2. The Balaban J connectivity index is 1.59. The van der Waals surface area contributed by atoms with E-state index in [9.17, 15) is 9.59 Å². The van der Waals surface area contributed by atoms with Crippen molar-refractivity contribution in [3.63, 3.8) is 0 Å². The van der Waals surface area contributed by atoms with Gasteiger partial charge in [0.15, 0.2) is 0 Å². The van der Waals surface area contributed by atoms with Gasteiger partial charge < -0.3 is 15.0 Å². The zero-order valence-electron chi connectivity index (χ0n) is 15.3. The number of amides is 2. The molecule has 3 rings (SSSR count). The topological polar surface area (TPSA) is 58.6 Å². The summed E-state index contributed by atoms with van der Waals surface area (Å²) < 4.78 is 5.62. The third-order valence-electron chi connectivity index (χ3n) is 4.53. The highest BCUT2D eigenvalue weighted by Gasteiger charge is 2.35. The highest BCUT2D eigenvalue weighted by molar-refractivity contribution is 6.33. The van der Waals surface area contributed by atoms with Crippen molar-refractivity contribution < 1.29 is 14.3 Å². The summed E-state index contributed by atoms with van der Waals surface area (Å²) in [5, 5.41) is 3.38. The maximum atomic E-state index is 12.6. The number of halogens is 1. The largest absolute Gasteiger partial charge is 0.494 e. The van der Waals surface area contributed by atoms with Crippen LogP contribution >= 0.6 is 11.6 Å². The lowest BCUT2D eigenvalue weighted by atomic mass is 10.1. The molecular formula is C21H23ClN2O3. The number of nitrogens with zero attached hydrogens (tertiary/aromatic N) is 1. The minimum atomic E-state index is -0.408. The third kappa shape index (κ3) is 4.80. The van der Waals surface area contributed by atoms with Crippen molar-refractivity contribution in [2.24, 2.45) is 5.92 Å². The smallest absolute Gasteiger partial charge is 0.229 e. The van der Waals surface area contributed by atoms with Crippen LogP contribution in [0.1, 0.15) is 26.2 Å². The maximum Gasteiger partial charge on any atom is 0.229 e. The van der Waals surface area contributed by atoms with E-state index >= 15 is 0 Å². The number of hydrogen-bond donors (Lipinski definition) is 1. The van der Waals surface area contributed by atoms with E-state index < -0.39 is 5.92 Å². The summed E-state index contributed by atoms with van der Waals surface area (Å²) in [5.41, 5.74) is 1.33. The molecule has 1 aliphatic rings. The Morgan fingerprint density at radius 1 is 1.22 bits per heavy atom. The number of benzene rings is 2. The van der Waals surface area contributed by atoms with Crippen LogP contribution in [0.5, 0.6) is 5.75 Å². The Morgan fingerprint density at radius 2 is 1.96 bits per heavy atom. The van der Waals surface area contributed by atoms with Gasteiger partial charge in [-0.3, -0.25) is 9.59 Å². The number of rotatable bonds is 7. The second kappa shape index (κ2) is 8.91. The van der Waals surface area contributed by atoms with Crippen LogP contribution in [0.2, 0.25) is 5.02 Å². The Bertz CT molecular complexity index is 807. The van der Waals surface area contributed by atoms with Gasteiger partial charge in [0.1, 0.15) is 5.75 Å². The quantitative estimate of drug-likeness (QED) is 0.712. The van der Waals surface area contributed by atoms with Crippen LogP contribution in [0.15, 0.2) is 48.5 Å². The second-order valence-corrected chi connectivity index (χ2v) is 6.98. The Hall–Kier alpha value is -2.53. The molecule has 0 bridgehead atoms. The molecule has 1 heterocycles. The minimum absolute atomic E-state index is 0.0945. The summed E-state index contributed by atoms with van der Waals surface area (Å²) in [4.78, 5) is 26.5. The summed E-state index contributed by atoms with van der Waals surface area (Å²) in [6.45, 7) is 3.12. The molecule has 1 N–H and O–H groups in total. The first-order chi connectivity index (χ1) is 13.1. The predicted octanol–water partition coefficient (Wildman–Crippen LogP) is 4.51. The summed E-state index contributed by atoms with van der Waals surface area (Å²) >= 11 is 6.18. The molecule has 0 aromatic heterocycles. The lowest BCUT2D eigenvalue weighted by Crippen LogP contribution is -2.28. The number of unbranched alkanes of at least 4 members (excludes halogenated alkanes) is 1. The number of carbonyl (C=O) groups is 2. The molecule has 2 aromatic carbocycles. The van der Waals surface area contributed by atoms with Gasteiger partial charge in [0, 0.05) is 18.7 Å². The average molecular weight is 387 g/mol. The van der Waals surface area contributed by atoms with E-state index in [1.807, 2.05) is 36.4 Å². The van der Waals surface area contributed by atoms with Crippen molar-refractivity contribution in [2.45, 2.75) is 26.2 Å². The van der Waals surface area contributed by atoms with E-state index in [4.69, 9.17) is 16.3 Å². The summed E-state index contributed by atoms with van der Waals surface area (Å²) in [7, 11) is 0. The molecule has 0 spiro atoms. The molecular weight excluding hydrogens is 364 g/mol. The molecule has 2 amide bonds. The zero-order chi connectivity index (χ0) is 19.2. The summed E-state index contributed by atoms with van der Waals surface area (Å²) in [5.74, 6) is 0.108. The molecule has 0 aliphatic carbocycles. The molecule has 5 nitrogen and oxygen atoms in total. The van der Waals surface area contributed by atoms with E-state index in [-0.39, 0.29) is 18.2 Å². The SMILES string of the molecule is CCCCOc1ccc(NC(=O)[C@H]2CC(=O)N(c3ccccc3Cl)C2)cc1. The molecule has 142 valence electrons. The highest BCUT2D eigenvalue weighted by atomic mass is 35.5. The van der Waals surface area contributed by atoms with E-state index in [1.165, 1.54) is 0 Å². The van der Waals surface area contributed by atoms with Crippen molar-refractivity contribution >= 4 is 34.8 Å². The van der Waals surface area contributed by atoms with Crippen molar-refractivity contribution in [2.75, 3.05) is 23.4 Å². The summed E-state index contributed by atoms with van der Waals surface area (Å²) in [6.07, 6.45) is 2.27. The Labute approximate surface area is 164 Å². The summed E-state index contributed by atoms with van der Waals surface area (Å²) in [6, 6.07) is 14.4. The standard InChI is InChI=1S/C21H23ClN2O3/c1-2-3-12-27-17-10-8-16(9-11-17)23-21(26)15-13-20(25)24(14-15)19-7-5-4-6-18(19)22/h4-11,15H,2-3,12-14H2,1H3,(H,23,26)/t15-/m0/s1. The van der Waals surface area contributed by atoms with Crippen LogP contribution in [0.25, 0.3) is 0 Å². The lowest BCUT2D eigenvalue weighted by molar-refractivity contribution is -0.122. The van der Waals surface area contributed by atoms with Gasteiger partial charge in [-0.25, -0.2) is 0 Å². The Morgan fingerprint density at radius 3 is 2.67 bits per heavy atom. The molecule has 1 fully saturated rings. The molecule has 0 saturated carbocycles. The monoisotopic (exact) mass is 386 g/mol. The molecule has 2 aromatic rings. The van der Waals surface area contributed by atoms with Gasteiger partial charge in [0.2, 0.25) is 11.8 Å². The van der Waals surface area contributed by atoms with E-state index in [0.717, 1.165) is 18.6 Å². The fourth-order valence-corrected chi connectivity index (χ4v) is 3.24. The van der Waals surface area contributed by atoms with Gasteiger partial charge in [-0.2, -0.15) is 0 Å². The van der Waals surface area contributed by atoms with Crippen molar-refractivity contribution in [3.05, 3.63) is 53.6 Å². The first-order valence-electron chi connectivity index (χ1n) is 9.17. The average Bonchev–Trinajstić information content (AvgIpc) is 3.05. The number of anilines is 2. The number of para-hydroxylation sites is 1. The van der Waals surface area contributed by atoms with Crippen molar-refractivity contribution in [1.82, 2.24) is 0 Å². The van der Waals surface area contributed by atoms with Crippen LogP contribution in [0, 0.1) is 5.92 Å².